The van der Waals surface area contributed by atoms with E-state index in [9.17, 15) is 26.4 Å². The van der Waals surface area contributed by atoms with Crippen molar-refractivity contribution in [3.05, 3.63) is 29.3 Å². The number of alkyl halides is 3. The smallest absolute Gasteiger partial charge is 0.481 e. The molecule has 0 saturated heterocycles. The van der Waals surface area contributed by atoms with E-state index in [0.717, 1.165) is 6.07 Å². The van der Waals surface area contributed by atoms with E-state index in [1.54, 1.807) is 0 Å². The van der Waals surface area contributed by atoms with Gasteiger partial charge in [0.05, 0.1) is 6.42 Å². The molecule has 1 unspecified atom stereocenters. The maximum Gasteiger partial charge on any atom is 0.534 e. The molecule has 0 aromatic heterocycles. The SMILES string of the molecule is O=C(O)CC1NCCc2cc(OS(=O)(=O)C(F)(F)F)ccc21. The zero-order valence-corrected chi connectivity index (χ0v) is 11.9. The Hall–Kier alpha value is -1.81. The van der Waals surface area contributed by atoms with E-state index in [1.165, 1.54) is 12.1 Å². The van der Waals surface area contributed by atoms with Crippen molar-refractivity contribution < 1.29 is 35.7 Å². The molecule has 0 bridgehead atoms. The zero-order valence-electron chi connectivity index (χ0n) is 11.1. The molecule has 0 aliphatic carbocycles. The number of hydrogen-bond donors (Lipinski definition) is 2. The van der Waals surface area contributed by atoms with Gasteiger partial charge in [0.1, 0.15) is 5.75 Å². The van der Waals surface area contributed by atoms with Crippen LogP contribution in [0.15, 0.2) is 18.2 Å². The summed E-state index contributed by atoms with van der Waals surface area (Å²) in [6.07, 6.45) is 0.239. The van der Waals surface area contributed by atoms with Crippen LogP contribution in [-0.4, -0.2) is 31.5 Å². The van der Waals surface area contributed by atoms with Crippen molar-refractivity contribution in [3.8, 4) is 5.75 Å². The van der Waals surface area contributed by atoms with E-state index in [4.69, 9.17) is 5.11 Å². The minimum Gasteiger partial charge on any atom is -0.481 e. The fourth-order valence-corrected chi connectivity index (χ4v) is 2.66. The van der Waals surface area contributed by atoms with Gasteiger partial charge in [0.15, 0.2) is 0 Å². The third-order valence-electron chi connectivity index (χ3n) is 3.14. The molecule has 1 atom stereocenters. The van der Waals surface area contributed by atoms with Crippen LogP contribution >= 0.6 is 0 Å². The second kappa shape index (κ2) is 5.76. The van der Waals surface area contributed by atoms with Crippen LogP contribution in [0.4, 0.5) is 13.2 Å². The van der Waals surface area contributed by atoms with Gasteiger partial charge in [-0.2, -0.15) is 21.6 Å². The van der Waals surface area contributed by atoms with Crippen molar-refractivity contribution in [2.45, 2.75) is 24.4 Å². The number of fused-ring (bicyclic) bond motifs is 1. The molecular formula is C12H12F3NO5S. The summed E-state index contributed by atoms with van der Waals surface area (Å²) in [6.45, 7) is 0.431. The summed E-state index contributed by atoms with van der Waals surface area (Å²) < 4.78 is 62.8. The standard InChI is InChI=1S/C12H12F3NO5S/c13-12(14,15)22(19,20)21-8-1-2-9-7(5-8)3-4-16-10(9)6-11(17)18/h1-2,5,10,16H,3-4,6H2,(H,17,18). The molecule has 0 saturated carbocycles. The van der Waals surface area contributed by atoms with Crippen LogP contribution in [0.2, 0.25) is 0 Å². The Bertz CT molecular complexity index is 686. The van der Waals surface area contributed by atoms with Crippen LogP contribution in [0.25, 0.3) is 0 Å². The second-order valence-electron chi connectivity index (χ2n) is 4.70. The van der Waals surface area contributed by atoms with Crippen molar-refractivity contribution in [2.24, 2.45) is 0 Å². The number of hydrogen-bond acceptors (Lipinski definition) is 5. The first-order chi connectivity index (χ1) is 10.1. The van der Waals surface area contributed by atoms with Crippen LogP contribution < -0.4 is 9.50 Å². The van der Waals surface area contributed by atoms with Gasteiger partial charge in [-0.25, -0.2) is 0 Å². The molecule has 0 amide bonds. The molecule has 1 aromatic carbocycles. The van der Waals surface area contributed by atoms with E-state index in [2.05, 4.69) is 9.50 Å². The van der Waals surface area contributed by atoms with Gasteiger partial charge in [0.25, 0.3) is 0 Å². The van der Waals surface area contributed by atoms with Gasteiger partial charge in [-0.1, -0.05) is 6.07 Å². The van der Waals surface area contributed by atoms with Gasteiger partial charge in [-0.05, 0) is 36.2 Å². The summed E-state index contributed by atoms with van der Waals surface area (Å²) in [6, 6.07) is 3.16. The lowest BCUT2D eigenvalue weighted by atomic mass is 9.92. The van der Waals surface area contributed by atoms with E-state index < -0.39 is 33.4 Å². The quantitative estimate of drug-likeness (QED) is 0.639. The minimum atomic E-state index is -5.72. The molecule has 6 nitrogen and oxygen atoms in total. The van der Waals surface area contributed by atoms with Gasteiger partial charge in [0.2, 0.25) is 0 Å². The molecule has 0 radical (unpaired) electrons. The summed E-state index contributed by atoms with van der Waals surface area (Å²) in [5.74, 6) is -1.47. The maximum absolute atomic E-state index is 12.3. The molecule has 0 spiro atoms. The Morgan fingerprint density at radius 1 is 1.41 bits per heavy atom. The molecule has 2 rings (SSSR count). The van der Waals surface area contributed by atoms with E-state index in [0.29, 0.717) is 24.1 Å². The van der Waals surface area contributed by atoms with Crippen LogP contribution in [0, 0.1) is 0 Å². The second-order valence-corrected chi connectivity index (χ2v) is 6.24. The fraction of sp³-hybridized carbons (Fsp3) is 0.417. The average Bonchev–Trinajstić information content (AvgIpc) is 2.36. The Morgan fingerprint density at radius 3 is 2.68 bits per heavy atom. The highest BCUT2D eigenvalue weighted by Crippen LogP contribution is 2.31. The van der Waals surface area contributed by atoms with E-state index in [1.807, 2.05) is 0 Å². The third-order valence-corrected chi connectivity index (χ3v) is 4.12. The Kier molecular flexibility index (Phi) is 4.34. The van der Waals surface area contributed by atoms with Gasteiger partial charge < -0.3 is 14.6 Å². The fourth-order valence-electron chi connectivity index (χ4n) is 2.21. The maximum atomic E-state index is 12.3. The zero-order chi connectivity index (χ0) is 16.5. The molecule has 2 N–H and O–H groups in total. The lowest BCUT2D eigenvalue weighted by Gasteiger charge is -2.26. The van der Waals surface area contributed by atoms with Crippen LogP contribution in [-0.2, 0) is 21.3 Å². The summed E-state index contributed by atoms with van der Waals surface area (Å²) in [5, 5.41) is 11.8. The van der Waals surface area contributed by atoms with Crippen LogP contribution in [0.1, 0.15) is 23.6 Å². The first kappa shape index (κ1) is 16.6. The van der Waals surface area contributed by atoms with Gasteiger partial charge in [0, 0.05) is 6.04 Å². The number of halogens is 3. The summed E-state index contributed by atoms with van der Waals surface area (Å²) in [5.41, 5.74) is -4.35. The average molecular weight is 339 g/mol. The Labute approximate surface area is 124 Å². The summed E-state index contributed by atoms with van der Waals surface area (Å²) in [4.78, 5) is 10.8. The van der Waals surface area contributed by atoms with Gasteiger partial charge in [-0.15, -0.1) is 0 Å². The Morgan fingerprint density at radius 2 is 2.09 bits per heavy atom. The topological polar surface area (TPSA) is 92.7 Å². The number of carboxylic acid groups (broad SMARTS) is 1. The monoisotopic (exact) mass is 339 g/mol. The van der Waals surface area contributed by atoms with Crippen molar-refractivity contribution in [3.63, 3.8) is 0 Å². The van der Waals surface area contributed by atoms with Gasteiger partial charge >= 0.3 is 21.6 Å². The van der Waals surface area contributed by atoms with E-state index in [-0.39, 0.29) is 6.42 Å². The van der Waals surface area contributed by atoms with Crippen molar-refractivity contribution in [2.75, 3.05) is 6.54 Å². The minimum absolute atomic E-state index is 0.186. The normalized spacial score (nSPS) is 18.6. The van der Waals surface area contributed by atoms with Crippen LogP contribution in [0.3, 0.4) is 0 Å². The Balaban J connectivity index is 2.27. The number of rotatable bonds is 4. The lowest BCUT2D eigenvalue weighted by molar-refractivity contribution is -0.137. The first-order valence-corrected chi connectivity index (χ1v) is 7.60. The van der Waals surface area contributed by atoms with E-state index >= 15 is 0 Å². The highest BCUT2D eigenvalue weighted by atomic mass is 32.2. The summed E-state index contributed by atoms with van der Waals surface area (Å²) in [7, 11) is -5.72. The molecule has 1 aliphatic rings. The number of benzene rings is 1. The number of nitrogens with one attached hydrogen (secondary N) is 1. The molecule has 22 heavy (non-hydrogen) atoms. The van der Waals surface area contributed by atoms with Crippen molar-refractivity contribution >= 4 is 16.1 Å². The lowest BCUT2D eigenvalue weighted by Crippen LogP contribution is -2.31. The predicted octanol–water partition coefficient (Wildman–Crippen LogP) is 1.58. The molecule has 10 heteroatoms. The largest absolute Gasteiger partial charge is 0.534 e. The third kappa shape index (κ3) is 3.50. The van der Waals surface area contributed by atoms with Crippen molar-refractivity contribution in [1.82, 2.24) is 5.32 Å². The highest BCUT2D eigenvalue weighted by Gasteiger charge is 2.48. The number of carbonyl (C=O) groups is 1. The molecule has 122 valence electrons. The molecule has 1 heterocycles. The van der Waals surface area contributed by atoms with Gasteiger partial charge in [-0.3, -0.25) is 4.79 Å². The molecular weight excluding hydrogens is 327 g/mol. The molecule has 1 aliphatic heterocycles. The van der Waals surface area contributed by atoms with Crippen LogP contribution in [0.5, 0.6) is 5.75 Å². The summed E-state index contributed by atoms with van der Waals surface area (Å²) >= 11 is 0. The molecule has 1 aromatic rings. The predicted molar refractivity (Wildman–Crippen MR) is 68.7 cm³/mol. The number of aliphatic carboxylic acids is 1. The highest BCUT2D eigenvalue weighted by molar-refractivity contribution is 7.88. The number of carboxylic acids is 1. The van der Waals surface area contributed by atoms with Crippen molar-refractivity contribution in [1.29, 1.82) is 0 Å². The molecule has 0 fully saturated rings. The first-order valence-electron chi connectivity index (χ1n) is 6.19.